The van der Waals surface area contributed by atoms with Gasteiger partial charge in [-0.1, -0.05) is 224 Å². The van der Waals surface area contributed by atoms with Gasteiger partial charge < -0.3 is 34.6 Å². The van der Waals surface area contributed by atoms with Gasteiger partial charge in [-0.2, -0.15) is 0 Å². The molecule has 0 saturated heterocycles. The van der Waals surface area contributed by atoms with E-state index < -0.39 is 79.4 Å². The summed E-state index contributed by atoms with van der Waals surface area (Å²) in [5, 5.41) is 26.8. The lowest BCUT2D eigenvalue weighted by Gasteiger charge is -2.19. The first-order valence-corrected chi connectivity index (χ1v) is 35.8. The highest BCUT2D eigenvalue weighted by atomic mass is 31.2. The molecule has 18 heteroatoms. The molecule has 0 aliphatic carbocycles. The van der Waals surface area contributed by atoms with Crippen molar-refractivity contribution in [2.75, 3.05) is 39.6 Å². The molecule has 0 aromatic heterocycles. The maximum Gasteiger partial charge on any atom is 0.472 e. The number of phosphoric acid groups is 2. The molecule has 84 heavy (non-hydrogen) atoms. The number of aliphatic hydroxyl groups is 2. The molecule has 5 N–H and O–H groups in total. The minimum atomic E-state index is -4.75. The molecular formula is C66H126O16P2. The lowest BCUT2D eigenvalue weighted by atomic mass is 10.1. The first-order valence-electron chi connectivity index (χ1n) is 32.8. The number of phosphoric ester groups is 2. The van der Waals surface area contributed by atoms with Crippen LogP contribution in [-0.2, 0) is 51.1 Å². The number of ether oxygens (including phenoxy) is 2. The molecule has 0 aromatic carbocycles. The molecule has 0 heterocycles. The van der Waals surface area contributed by atoms with Crippen molar-refractivity contribution < 1.29 is 76.2 Å². The van der Waals surface area contributed by atoms with Gasteiger partial charge in [-0.25, -0.2) is 9.13 Å². The van der Waals surface area contributed by atoms with Crippen molar-refractivity contribution in [1.29, 1.82) is 0 Å². The Kier molecular flexibility index (Phi) is 75.9. The number of carboxylic acids is 1. The molecule has 496 valence electrons. The van der Waals surface area contributed by atoms with E-state index in [-0.39, 0.29) is 12.9 Å². The Morgan fingerprint density at radius 1 is 0.452 bits per heavy atom. The summed E-state index contributed by atoms with van der Waals surface area (Å²) in [6, 6.07) is 0. The molecule has 16 nitrogen and oxygen atoms in total. The van der Waals surface area contributed by atoms with E-state index >= 15 is 0 Å². The van der Waals surface area contributed by atoms with Crippen molar-refractivity contribution in [2.24, 2.45) is 0 Å². The average Bonchev–Trinajstić information content (AvgIpc) is 3.49. The van der Waals surface area contributed by atoms with E-state index in [4.69, 9.17) is 24.2 Å². The zero-order chi connectivity index (χ0) is 63.2. The summed E-state index contributed by atoms with van der Waals surface area (Å²) in [5.74, 6) is -1.18. The third-order valence-corrected chi connectivity index (χ3v) is 14.9. The monoisotopic (exact) mass is 1240 g/mol. The second-order valence-corrected chi connectivity index (χ2v) is 24.1. The zero-order valence-electron chi connectivity index (χ0n) is 53.8. The first kappa shape index (κ1) is 87.7. The summed E-state index contributed by atoms with van der Waals surface area (Å²) in [6.45, 7) is 11.3. The van der Waals surface area contributed by atoms with Crippen LogP contribution < -0.4 is 0 Å². The summed E-state index contributed by atoms with van der Waals surface area (Å²) >= 11 is 0. The third-order valence-electron chi connectivity index (χ3n) is 12.9. The maximum absolute atomic E-state index is 12.0. The van der Waals surface area contributed by atoms with Crippen LogP contribution in [0.2, 0.25) is 0 Å². The Balaban J connectivity index is -0.000000629. The van der Waals surface area contributed by atoms with Gasteiger partial charge in [0.05, 0.1) is 33.0 Å². The number of carbonyl (C=O) groups excluding carboxylic acids is 2. The SMILES string of the molecule is C=CCCCCCCCC.CCCCC/C=C/C/C=C/CCCCCCCC(=O)OC[C@H](COP(=O)(O)OC[C@H](O)COP(=O)(O)OCCO)OC=O.CCCCC/C=C/CCCCCC.CCCCCC/C=C/CCCCCCCC(=O)O. The Labute approximate surface area is 512 Å². The third kappa shape index (κ3) is 81.3. The van der Waals surface area contributed by atoms with Crippen molar-refractivity contribution in [3.05, 3.63) is 61.3 Å². The minimum Gasteiger partial charge on any atom is -0.481 e. The van der Waals surface area contributed by atoms with Crippen molar-refractivity contribution in [2.45, 2.75) is 304 Å². The van der Waals surface area contributed by atoms with Gasteiger partial charge in [0.15, 0.2) is 6.10 Å². The average molecular weight is 1240 g/mol. The number of hydrogen-bond donors (Lipinski definition) is 5. The molecule has 0 amide bonds. The number of carboxylic acid groups (broad SMARTS) is 1. The number of aliphatic hydroxyl groups excluding tert-OH is 2. The van der Waals surface area contributed by atoms with E-state index in [0.29, 0.717) is 12.8 Å². The van der Waals surface area contributed by atoms with Crippen molar-refractivity contribution >= 4 is 34.1 Å². The Hall–Kier alpha value is -2.75. The zero-order valence-corrected chi connectivity index (χ0v) is 55.6. The van der Waals surface area contributed by atoms with E-state index in [0.717, 1.165) is 57.8 Å². The molecule has 0 aliphatic heterocycles. The number of carbonyl (C=O) groups is 3. The summed E-state index contributed by atoms with van der Waals surface area (Å²) in [5.41, 5.74) is 0. The van der Waals surface area contributed by atoms with E-state index in [2.05, 4.69) is 103 Å². The Bertz CT molecular complexity index is 1620. The predicted octanol–water partition coefficient (Wildman–Crippen LogP) is 18.8. The molecule has 0 radical (unpaired) electrons. The van der Waals surface area contributed by atoms with Gasteiger partial charge in [-0.05, 0) is 109 Å². The van der Waals surface area contributed by atoms with Gasteiger partial charge in [-0.15, -0.1) is 6.58 Å². The summed E-state index contributed by atoms with van der Waals surface area (Å²) in [4.78, 5) is 52.1. The number of unbranched alkanes of at least 4 members (excludes halogenated alkanes) is 30. The van der Waals surface area contributed by atoms with E-state index in [1.54, 1.807) is 0 Å². The van der Waals surface area contributed by atoms with Crippen molar-refractivity contribution in [3.8, 4) is 0 Å². The fourth-order valence-corrected chi connectivity index (χ4v) is 9.40. The maximum atomic E-state index is 12.0. The second kappa shape index (κ2) is 72.7. The molecule has 0 rings (SSSR count). The molecular weight excluding hydrogens is 1110 g/mol. The minimum absolute atomic E-state index is 0.0682. The van der Waals surface area contributed by atoms with E-state index in [1.807, 2.05) is 6.08 Å². The lowest BCUT2D eigenvalue weighted by Crippen LogP contribution is -2.27. The Morgan fingerprint density at radius 3 is 1.19 bits per heavy atom. The molecule has 0 aromatic rings. The van der Waals surface area contributed by atoms with Gasteiger partial charge in [0.25, 0.3) is 6.47 Å². The first-order chi connectivity index (χ1) is 40.6. The Morgan fingerprint density at radius 2 is 0.786 bits per heavy atom. The highest BCUT2D eigenvalue weighted by molar-refractivity contribution is 7.47. The van der Waals surface area contributed by atoms with Crippen LogP contribution in [-0.4, -0.2) is 95.4 Å². The number of esters is 1. The van der Waals surface area contributed by atoms with Crippen LogP contribution in [0.5, 0.6) is 0 Å². The highest BCUT2D eigenvalue weighted by Gasteiger charge is 2.28. The second-order valence-electron chi connectivity index (χ2n) is 21.2. The normalized spacial score (nSPS) is 13.5. The van der Waals surface area contributed by atoms with Gasteiger partial charge in [0.1, 0.15) is 12.7 Å². The van der Waals surface area contributed by atoms with Gasteiger partial charge >= 0.3 is 27.6 Å². The smallest absolute Gasteiger partial charge is 0.472 e. The van der Waals surface area contributed by atoms with Crippen LogP contribution in [0.3, 0.4) is 0 Å². The van der Waals surface area contributed by atoms with E-state index in [1.165, 1.54) is 180 Å². The van der Waals surface area contributed by atoms with Crippen molar-refractivity contribution in [3.63, 3.8) is 0 Å². The molecule has 2 unspecified atom stereocenters. The summed E-state index contributed by atoms with van der Waals surface area (Å²) < 4.78 is 51.3. The molecule has 0 fully saturated rings. The topological polar surface area (TPSA) is 242 Å². The number of allylic oxidation sites excluding steroid dienone is 9. The molecule has 0 bridgehead atoms. The van der Waals surface area contributed by atoms with Gasteiger partial charge in [-0.3, -0.25) is 32.5 Å². The summed E-state index contributed by atoms with van der Waals surface area (Å²) in [6.07, 6.45) is 64.6. The number of hydrogen-bond acceptors (Lipinski definition) is 13. The van der Waals surface area contributed by atoms with Crippen molar-refractivity contribution in [1.82, 2.24) is 0 Å². The van der Waals surface area contributed by atoms with E-state index in [9.17, 15) is 38.4 Å². The fraction of sp³-hybridized carbons (Fsp3) is 0.803. The van der Waals surface area contributed by atoms with Crippen LogP contribution in [0.4, 0.5) is 0 Å². The predicted molar refractivity (Wildman–Crippen MR) is 346 cm³/mol. The number of aliphatic carboxylic acids is 1. The van der Waals surface area contributed by atoms with Gasteiger partial charge in [0.2, 0.25) is 0 Å². The fourth-order valence-electron chi connectivity index (χ4n) is 7.86. The largest absolute Gasteiger partial charge is 0.481 e. The van der Waals surface area contributed by atoms with Crippen LogP contribution in [0, 0.1) is 0 Å². The van der Waals surface area contributed by atoms with Crippen LogP contribution >= 0.6 is 15.6 Å². The summed E-state index contributed by atoms with van der Waals surface area (Å²) in [7, 11) is -9.29. The molecule has 0 spiro atoms. The van der Waals surface area contributed by atoms with Crippen LogP contribution in [0.25, 0.3) is 0 Å². The van der Waals surface area contributed by atoms with Gasteiger partial charge in [0, 0.05) is 12.8 Å². The lowest BCUT2D eigenvalue weighted by molar-refractivity contribution is -0.153. The van der Waals surface area contributed by atoms with Crippen LogP contribution in [0.1, 0.15) is 291 Å². The van der Waals surface area contributed by atoms with Crippen LogP contribution in [0.15, 0.2) is 61.3 Å². The quantitative estimate of drug-likeness (QED) is 0.0125. The molecule has 4 atom stereocenters. The highest BCUT2D eigenvalue weighted by Crippen LogP contribution is 2.45. The molecule has 0 aliphatic rings. The number of rotatable bonds is 59. The molecule has 0 saturated carbocycles. The standard InChI is InChI=1S/C27H50O14P2.C16H30O2.C13H26.C10H20/c1-2-3-4-5-6-7-8-9-10-11-12-13-14-15-16-17-27(31)36-22-26(37-24-29)23-41-43(34,35)40-21-25(30)20-39-42(32,33)38-19-18-28;1-2-3-4-5-6-7-8-9-10-11-12-13-14-15-16(17)18;1-3-5-7-9-11-13-12-10-8-6-4-2;1-3-5-7-9-10-8-6-4-2/h6-7,9-10,24-26,28,30H,2-5,8,11-23H2,1H3,(H,32,33)(H,34,35);7-8H,2-6,9-15H2,1H3,(H,17,18);11,13H,3-10,12H2,1-2H3;3H,1,4-10H2,2H3/b7-6+,10-9+;8-7+;13-11+;/t25-,26-;;;/m1.../s1.